The van der Waals surface area contributed by atoms with Crippen molar-refractivity contribution in [1.29, 1.82) is 0 Å². The first-order valence-corrected chi connectivity index (χ1v) is 7.32. The van der Waals surface area contributed by atoms with Gasteiger partial charge in [-0.1, -0.05) is 18.9 Å². The van der Waals surface area contributed by atoms with Gasteiger partial charge < -0.3 is 14.8 Å². The highest BCUT2D eigenvalue weighted by Crippen LogP contribution is 2.26. The Labute approximate surface area is 116 Å². The Morgan fingerprint density at radius 2 is 2.00 bits per heavy atom. The van der Waals surface area contributed by atoms with Crippen LogP contribution >= 0.6 is 0 Å². The van der Waals surface area contributed by atoms with Gasteiger partial charge in [-0.25, -0.2) is 0 Å². The molecule has 0 saturated heterocycles. The van der Waals surface area contributed by atoms with Crippen LogP contribution in [0.25, 0.3) is 0 Å². The Hall–Kier alpha value is -1.22. The minimum atomic E-state index is 0.162. The zero-order valence-electron chi connectivity index (χ0n) is 12.0. The molecule has 0 bridgehead atoms. The summed E-state index contributed by atoms with van der Waals surface area (Å²) >= 11 is 0. The molecule has 1 aliphatic rings. The van der Waals surface area contributed by atoms with Crippen LogP contribution in [0.5, 0.6) is 11.5 Å². The van der Waals surface area contributed by atoms with E-state index in [1.807, 2.05) is 31.3 Å². The minimum Gasteiger partial charge on any atom is -0.493 e. The fraction of sp³-hybridized carbons (Fsp3) is 0.625. The van der Waals surface area contributed by atoms with Crippen LogP contribution in [0.1, 0.15) is 32.6 Å². The molecule has 0 radical (unpaired) electrons. The maximum absolute atomic E-state index is 5.88. The highest BCUT2D eigenvalue weighted by atomic mass is 16.5. The zero-order valence-corrected chi connectivity index (χ0v) is 12.0. The van der Waals surface area contributed by atoms with Gasteiger partial charge in [0, 0.05) is 12.6 Å². The summed E-state index contributed by atoms with van der Waals surface area (Å²) in [6.45, 7) is 3.74. The second-order valence-electron chi connectivity index (χ2n) is 5.42. The van der Waals surface area contributed by atoms with E-state index in [0.717, 1.165) is 30.6 Å². The number of nitrogens with one attached hydrogen (secondary N) is 1. The van der Waals surface area contributed by atoms with Gasteiger partial charge in [0.25, 0.3) is 0 Å². The molecule has 0 amide bonds. The van der Waals surface area contributed by atoms with Crippen molar-refractivity contribution in [2.75, 3.05) is 20.2 Å². The van der Waals surface area contributed by atoms with E-state index in [-0.39, 0.29) is 6.10 Å². The van der Waals surface area contributed by atoms with Crippen LogP contribution in [0.2, 0.25) is 0 Å². The van der Waals surface area contributed by atoms with Gasteiger partial charge in [0.2, 0.25) is 0 Å². The van der Waals surface area contributed by atoms with Crippen LogP contribution < -0.4 is 14.8 Å². The van der Waals surface area contributed by atoms with Crippen molar-refractivity contribution in [2.24, 2.45) is 5.92 Å². The molecular weight excluding hydrogens is 238 g/mol. The van der Waals surface area contributed by atoms with Crippen LogP contribution in [0, 0.1) is 5.92 Å². The first-order chi connectivity index (χ1) is 9.28. The van der Waals surface area contributed by atoms with Crippen LogP contribution in [-0.2, 0) is 0 Å². The maximum atomic E-state index is 5.88. The van der Waals surface area contributed by atoms with Crippen LogP contribution in [0.3, 0.4) is 0 Å². The second-order valence-corrected chi connectivity index (χ2v) is 5.42. The fourth-order valence-electron chi connectivity index (χ4n) is 2.59. The summed E-state index contributed by atoms with van der Waals surface area (Å²) in [7, 11) is 1.93. The van der Waals surface area contributed by atoms with Crippen LogP contribution in [0.4, 0.5) is 0 Å². The molecule has 3 nitrogen and oxygen atoms in total. The Bertz CT molecular complexity index is 375. The van der Waals surface area contributed by atoms with E-state index >= 15 is 0 Å². The molecule has 1 N–H and O–H groups in total. The Morgan fingerprint density at radius 1 is 1.26 bits per heavy atom. The third-order valence-corrected chi connectivity index (χ3v) is 3.59. The third kappa shape index (κ3) is 4.75. The summed E-state index contributed by atoms with van der Waals surface area (Å²) in [5, 5.41) is 3.11. The lowest BCUT2D eigenvalue weighted by molar-refractivity contribution is 0.216. The summed E-state index contributed by atoms with van der Waals surface area (Å²) in [5.74, 6) is 2.54. The van der Waals surface area contributed by atoms with Gasteiger partial charge in [-0.05, 0) is 44.9 Å². The Kier molecular flexibility index (Phi) is 5.52. The van der Waals surface area contributed by atoms with Gasteiger partial charge >= 0.3 is 0 Å². The number of likely N-dealkylation sites (N-methyl/N-ethyl adjacent to an activating group) is 1. The predicted octanol–water partition coefficient (Wildman–Crippen LogP) is 3.24. The number of ether oxygens (including phenoxy) is 2. The lowest BCUT2D eigenvalue weighted by Gasteiger charge is -2.16. The average Bonchev–Trinajstić information content (AvgIpc) is 2.90. The van der Waals surface area contributed by atoms with Gasteiger partial charge in [0.05, 0.1) is 6.61 Å². The molecule has 3 heteroatoms. The summed E-state index contributed by atoms with van der Waals surface area (Å²) in [6, 6.07) is 7.96. The van der Waals surface area contributed by atoms with Crippen molar-refractivity contribution < 1.29 is 9.47 Å². The zero-order chi connectivity index (χ0) is 13.5. The first kappa shape index (κ1) is 14.2. The quantitative estimate of drug-likeness (QED) is 0.819. The highest BCUT2D eigenvalue weighted by Gasteiger charge is 2.15. The fourth-order valence-corrected chi connectivity index (χ4v) is 2.59. The summed E-state index contributed by atoms with van der Waals surface area (Å²) in [6.07, 6.45) is 5.51. The topological polar surface area (TPSA) is 30.5 Å². The Morgan fingerprint density at radius 3 is 2.74 bits per heavy atom. The summed E-state index contributed by atoms with van der Waals surface area (Å²) in [5.41, 5.74) is 0. The van der Waals surface area contributed by atoms with Crippen LogP contribution in [-0.4, -0.2) is 26.3 Å². The molecule has 1 aromatic carbocycles. The van der Waals surface area contributed by atoms with Crippen molar-refractivity contribution in [3.05, 3.63) is 24.3 Å². The van der Waals surface area contributed by atoms with Crippen molar-refractivity contribution in [2.45, 2.75) is 38.7 Å². The van der Waals surface area contributed by atoms with Crippen LogP contribution in [0.15, 0.2) is 24.3 Å². The molecule has 0 aromatic heterocycles. The lowest BCUT2D eigenvalue weighted by Crippen LogP contribution is -2.25. The van der Waals surface area contributed by atoms with Crippen molar-refractivity contribution >= 4 is 0 Å². The largest absolute Gasteiger partial charge is 0.493 e. The van der Waals surface area contributed by atoms with E-state index in [4.69, 9.17) is 9.47 Å². The lowest BCUT2D eigenvalue weighted by atomic mass is 10.1. The molecule has 1 atom stereocenters. The van der Waals surface area contributed by atoms with Gasteiger partial charge in [0.1, 0.15) is 17.6 Å². The van der Waals surface area contributed by atoms with Crippen molar-refractivity contribution in [1.82, 2.24) is 5.32 Å². The van der Waals surface area contributed by atoms with E-state index in [9.17, 15) is 0 Å². The minimum absolute atomic E-state index is 0.162. The SMILES string of the molecule is CNC[C@H](C)Oc1cccc(OCC2CCCC2)c1. The molecular formula is C16H25NO2. The molecule has 19 heavy (non-hydrogen) atoms. The molecule has 106 valence electrons. The van der Waals surface area contributed by atoms with E-state index in [0.29, 0.717) is 0 Å². The van der Waals surface area contributed by atoms with E-state index in [2.05, 4.69) is 12.2 Å². The van der Waals surface area contributed by atoms with E-state index in [1.54, 1.807) is 0 Å². The monoisotopic (exact) mass is 263 g/mol. The molecule has 0 unspecified atom stereocenters. The number of hydrogen-bond donors (Lipinski definition) is 1. The van der Waals surface area contributed by atoms with E-state index < -0.39 is 0 Å². The molecule has 1 fully saturated rings. The predicted molar refractivity (Wildman–Crippen MR) is 77.9 cm³/mol. The van der Waals surface area contributed by atoms with Gasteiger partial charge in [-0.2, -0.15) is 0 Å². The van der Waals surface area contributed by atoms with Gasteiger partial charge in [-0.15, -0.1) is 0 Å². The molecule has 0 spiro atoms. The molecule has 1 aromatic rings. The third-order valence-electron chi connectivity index (χ3n) is 3.59. The second kappa shape index (κ2) is 7.39. The maximum Gasteiger partial charge on any atom is 0.123 e. The first-order valence-electron chi connectivity index (χ1n) is 7.32. The molecule has 0 heterocycles. The molecule has 1 saturated carbocycles. The number of benzene rings is 1. The smallest absolute Gasteiger partial charge is 0.123 e. The summed E-state index contributed by atoms with van der Waals surface area (Å²) < 4.78 is 11.7. The molecule has 2 rings (SSSR count). The number of hydrogen-bond acceptors (Lipinski definition) is 3. The normalized spacial score (nSPS) is 17.4. The highest BCUT2D eigenvalue weighted by molar-refractivity contribution is 5.33. The van der Waals surface area contributed by atoms with Crippen molar-refractivity contribution in [3.8, 4) is 11.5 Å². The van der Waals surface area contributed by atoms with Gasteiger partial charge in [-0.3, -0.25) is 0 Å². The average molecular weight is 263 g/mol. The molecule has 1 aliphatic carbocycles. The van der Waals surface area contributed by atoms with Gasteiger partial charge in [0.15, 0.2) is 0 Å². The van der Waals surface area contributed by atoms with E-state index in [1.165, 1.54) is 25.7 Å². The summed E-state index contributed by atoms with van der Waals surface area (Å²) in [4.78, 5) is 0. The standard InChI is InChI=1S/C16H25NO2/c1-13(11-17-2)19-16-9-5-8-15(10-16)18-12-14-6-3-4-7-14/h5,8-10,13-14,17H,3-4,6-7,11-12H2,1-2H3/t13-/m0/s1. The number of rotatable bonds is 7. The van der Waals surface area contributed by atoms with Crippen molar-refractivity contribution in [3.63, 3.8) is 0 Å². The molecule has 0 aliphatic heterocycles. The Balaban J connectivity index is 1.83.